The predicted molar refractivity (Wildman–Crippen MR) is 81.3 cm³/mol. The van der Waals surface area contributed by atoms with Gasteiger partial charge in [-0.15, -0.1) is 0 Å². The molecule has 0 bridgehead atoms. The number of pyridine rings is 1. The van der Waals surface area contributed by atoms with Crippen LogP contribution in [-0.2, 0) is 4.74 Å². The van der Waals surface area contributed by atoms with Crippen molar-refractivity contribution in [1.29, 1.82) is 0 Å². The van der Waals surface area contributed by atoms with Gasteiger partial charge in [0.15, 0.2) is 0 Å². The van der Waals surface area contributed by atoms with Crippen molar-refractivity contribution in [2.45, 2.75) is 12.1 Å². The van der Waals surface area contributed by atoms with Crippen molar-refractivity contribution < 1.29 is 13.9 Å². The lowest BCUT2D eigenvalue weighted by Gasteiger charge is -2.15. The maximum absolute atomic E-state index is 11.7. The molecule has 1 N–H and O–H groups in total. The number of hydrogen-bond acceptors (Lipinski definition) is 5. The minimum atomic E-state index is -0.606. The molecule has 0 aliphatic carbocycles. The van der Waals surface area contributed by atoms with Gasteiger partial charge >= 0.3 is 6.09 Å². The number of alkyl carbamates (subject to hydrolysis) is 1. The summed E-state index contributed by atoms with van der Waals surface area (Å²) < 4.78 is 10.6. The monoisotopic (exact) mass is 307 g/mol. The summed E-state index contributed by atoms with van der Waals surface area (Å²) in [6.45, 7) is 0. The van der Waals surface area contributed by atoms with E-state index in [0.29, 0.717) is 5.89 Å². The normalized spacial score (nSPS) is 20.1. The van der Waals surface area contributed by atoms with Crippen molar-refractivity contribution in [2.75, 3.05) is 0 Å². The molecule has 1 aliphatic rings. The van der Waals surface area contributed by atoms with Gasteiger partial charge in [0.1, 0.15) is 12.3 Å². The Bertz CT molecular complexity index is 818. The zero-order chi connectivity index (χ0) is 15.6. The zero-order valence-electron chi connectivity index (χ0n) is 12.0. The number of benzene rings is 1. The molecule has 2 atom stereocenters. The standard InChI is InChI=1S/C17H13N3O3/c21-17-20-14(15(23-17)16-19-6-7-22-16)13-8-12(9-18-10-13)11-4-2-1-3-5-11/h1-10,14-15H,(H,20,21)/t14-,15+/m0/s1. The van der Waals surface area contributed by atoms with Gasteiger partial charge in [0.2, 0.25) is 12.0 Å². The SMILES string of the molecule is O=C1N[C@@H](c2cncc(-c3ccccc3)c2)[C@H](c2ncco2)O1. The van der Waals surface area contributed by atoms with Crippen LogP contribution < -0.4 is 5.32 Å². The highest BCUT2D eigenvalue weighted by Gasteiger charge is 2.39. The third-order valence-corrected chi connectivity index (χ3v) is 3.73. The first-order chi connectivity index (χ1) is 11.3. The first kappa shape index (κ1) is 13.5. The van der Waals surface area contributed by atoms with Gasteiger partial charge in [0, 0.05) is 18.0 Å². The number of carbonyl (C=O) groups excluding carboxylic acids is 1. The lowest BCUT2D eigenvalue weighted by Crippen LogP contribution is -2.19. The van der Waals surface area contributed by atoms with Crippen molar-refractivity contribution in [3.63, 3.8) is 0 Å². The highest BCUT2D eigenvalue weighted by molar-refractivity contribution is 5.71. The van der Waals surface area contributed by atoms with E-state index in [0.717, 1.165) is 16.7 Å². The summed E-state index contributed by atoms with van der Waals surface area (Å²) in [5.74, 6) is 0.360. The fourth-order valence-electron chi connectivity index (χ4n) is 2.66. The Labute approximate surface area is 132 Å². The topological polar surface area (TPSA) is 77.3 Å². The molecule has 6 nitrogen and oxygen atoms in total. The van der Waals surface area contributed by atoms with Gasteiger partial charge in [-0.05, 0) is 17.2 Å². The second-order valence-electron chi connectivity index (χ2n) is 5.19. The molecule has 6 heteroatoms. The molecule has 3 heterocycles. The first-order valence-electron chi connectivity index (χ1n) is 7.18. The number of nitrogens with zero attached hydrogens (tertiary/aromatic N) is 2. The fraction of sp³-hybridized carbons (Fsp3) is 0.118. The van der Waals surface area contributed by atoms with E-state index in [1.165, 1.54) is 12.5 Å². The third kappa shape index (κ3) is 2.55. The zero-order valence-corrected chi connectivity index (χ0v) is 12.0. The Morgan fingerprint density at radius 1 is 1.09 bits per heavy atom. The van der Waals surface area contributed by atoms with Gasteiger partial charge in [-0.25, -0.2) is 9.78 Å². The number of ether oxygens (including phenoxy) is 1. The Kier molecular flexibility index (Phi) is 3.27. The van der Waals surface area contributed by atoms with E-state index in [9.17, 15) is 4.79 Å². The Hall–Kier alpha value is -3.15. The maximum Gasteiger partial charge on any atom is 0.408 e. The van der Waals surface area contributed by atoms with Crippen LogP contribution >= 0.6 is 0 Å². The molecule has 23 heavy (non-hydrogen) atoms. The molecule has 0 radical (unpaired) electrons. The highest BCUT2D eigenvalue weighted by Crippen LogP contribution is 2.36. The van der Waals surface area contributed by atoms with E-state index >= 15 is 0 Å². The molecule has 0 saturated carbocycles. The molecule has 2 aromatic heterocycles. The van der Waals surface area contributed by atoms with E-state index in [4.69, 9.17) is 9.15 Å². The van der Waals surface area contributed by atoms with Crippen molar-refractivity contribution in [2.24, 2.45) is 0 Å². The molecule has 114 valence electrons. The highest BCUT2D eigenvalue weighted by atomic mass is 16.6. The van der Waals surface area contributed by atoms with Crippen LogP contribution in [0.3, 0.4) is 0 Å². The summed E-state index contributed by atoms with van der Waals surface area (Å²) in [6, 6.07) is 11.5. The largest absolute Gasteiger partial charge is 0.445 e. The molecule has 1 fully saturated rings. The summed E-state index contributed by atoms with van der Waals surface area (Å²) >= 11 is 0. The van der Waals surface area contributed by atoms with E-state index in [1.807, 2.05) is 36.4 Å². The molecule has 1 saturated heterocycles. The van der Waals surface area contributed by atoms with Crippen LogP contribution in [0.2, 0.25) is 0 Å². The van der Waals surface area contributed by atoms with Gasteiger partial charge in [0.05, 0.1) is 6.20 Å². The van der Waals surface area contributed by atoms with Crippen LogP contribution in [0, 0.1) is 0 Å². The van der Waals surface area contributed by atoms with Crippen molar-refractivity contribution in [3.05, 3.63) is 72.7 Å². The van der Waals surface area contributed by atoms with Gasteiger partial charge in [-0.3, -0.25) is 4.98 Å². The van der Waals surface area contributed by atoms with Gasteiger partial charge in [0.25, 0.3) is 0 Å². The minimum absolute atomic E-state index is 0.360. The van der Waals surface area contributed by atoms with Crippen molar-refractivity contribution in [3.8, 4) is 11.1 Å². The van der Waals surface area contributed by atoms with Gasteiger partial charge in [-0.2, -0.15) is 0 Å². The molecular formula is C17H13N3O3. The third-order valence-electron chi connectivity index (χ3n) is 3.73. The fourth-order valence-corrected chi connectivity index (χ4v) is 2.66. The second-order valence-corrected chi connectivity index (χ2v) is 5.19. The smallest absolute Gasteiger partial charge is 0.408 e. The van der Waals surface area contributed by atoms with Crippen LogP contribution in [-0.4, -0.2) is 16.1 Å². The van der Waals surface area contributed by atoms with Crippen molar-refractivity contribution in [1.82, 2.24) is 15.3 Å². The van der Waals surface area contributed by atoms with Crippen LogP contribution in [0.5, 0.6) is 0 Å². The molecular weight excluding hydrogens is 294 g/mol. The van der Waals surface area contributed by atoms with E-state index in [1.54, 1.807) is 12.4 Å². The summed E-state index contributed by atoms with van der Waals surface area (Å²) in [6.07, 6.45) is 5.38. The van der Waals surface area contributed by atoms with Crippen LogP contribution in [0.4, 0.5) is 4.79 Å². The number of amides is 1. The first-order valence-corrected chi connectivity index (χ1v) is 7.18. The van der Waals surface area contributed by atoms with Crippen LogP contribution in [0.25, 0.3) is 11.1 Å². The lowest BCUT2D eigenvalue weighted by atomic mass is 10.00. The predicted octanol–water partition coefficient (Wildman–Crippen LogP) is 3.26. The molecule has 0 unspecified atom stereocenters. The Balaban J connectivity index is 1.71. The average Bonchev–Trinajstić information content (AvgIpc) is 3.25. The quantitative estimate of drug-likeness (QED) is 0.803. The van der Waals surface area contributed by atoms with Crippen molar-refractivity contribution >= 4 is 6.09 Å². The average molecular weight is 307 g/mol. The molecule has 1 aromatic carbocycles. The Morgan fingerprint density at radius 2 is 1.96 bits per heavy atom. The van der Waals surface area contributed by atoms with E-state index in [-0.39, 0.29) is 0 Å². The second kappa shape index (κ2) is 5.57. The van der Waals surface area contributed by atoms with E-state index < -0.39 is 18.2 Å². The minimum Gasteiger partial charge on any atom is -0.445 e. The number of nitrogens with one attached hydrogen (secondary N) is 1. The lowest BCUT2D eigenvalue weighted by molar-refractivity contribution is 0.114. The number of aromatic nitrogens is 2. The molecule has 1 aliphatic heterocycles. The summed E-state index contributed by atoms with van der Waals surface area (Å²) in [7, 11) is 0. The van der Waals surface area contributed by atoms with E-state index in [2.05, 4.69) is 15.3 Å². The van der Waals surface area contributed by atoms with Gasteiger partial charge < -0.3 is 14.5 Å². The number of rotatable bonds is 3. The number of oxazole rings is 1. The molecule has 3 aromatic rings. The summed E-state index contributed by atoms with van der Waals surface area (Å²) in [4.78, 5) is 20.0. The van der Waals surface area contributed by atoms with Gasteiger partial charge in [-0.1, -0.05) is 30.3 Å². The molecule has 1 amide bonds. The number of hydrogen-bond donors (Lipinski definition) is 1. The molecule has 0 spiro atoms. The van der Waals surface area contributed by atoms with Crippen LogP contribution in [0.1, 0.15) is 23.6 Å². The summed E-state index contributed by atoms with van der Waals surface area (Å²) in [5, 5.41) is 2.79. The number of carbonyl (C=O) groups is 1. The summed E-state index contributed by atoms with van der Waals surface area (Å²) in [5.41, 5.74) is 2.86. The maximum atomic E-state index is 11.7. The molecule has 4 rings (SSSR count). The Morgan fingerprint density at radius 3 is 2.74 bits per heavy atom. The number of cyclic esters (lactones) is 1. The van der Waals surface area contributed by atoms with Crippen LogP contribution in [0.15, 0.2) is 65.7 Å².